The van der Waals surface area contributed by atoms with Crippen LogP contribution < -0.4 is 0 Å². The lowest BCUT2D eigenvalue weighted by molar-refractivity contribution is -0.133. The van der Waals surface area contributed by atoms with Gasteiger partial charge in [-0.25, -0.2) is 8.42 Å². The molecule has 1 aliphatic heterocycles. The van der Waals surface area contributed by atoms with Crippen molar-refractivity contribution >= 4 is 15.7 Å². The topological polar surface area (TPSA) is 74.7 Å². The van der Waals surface area contributed by atoms with E-state index in [0.29, 0.717) is 13.0 Å². The monoisotopic (exact) mass is 263 g/mol. The van der Waals surface area contributed by atoms with Gasteiger partial charge in [0.1, 0.15) is 0 Å². The molecule has 1 heterocycles. The molecule has 1 fully saturated rings. The summed E-state index contributed by atoms with van der Waals surface area (Å²) in [4.78, 5) is 13.5. The Morgan fingerprint density at radius 1 is 1.35 bits per heavy atom. The van der Waals surface area contributed by atoms with Gasteiger partial charge in [-0.1, -0.05) is 0 Å². The summed E-state index contributed by atoms with van der Waals surface area (Å²) in [5, 5.41) is 8.62. The molecule has 0 bridgehead atoms. The van der Waals surface area contributed by atoms with Crippen LogP contribution in [0.25, 0.3) is 0 Å². The largest absolute Gasteiger partial charge is 0.396 e. The second-order valence-electron chi connectivity index (χ2n) is 4.64. The first-order valence-electron chi connectivity index (χ1n) is 6.02. The number of sulfone groups is 1. The molecule has 0 aromatic heterocycles. The molecule has 1 atom stereocenters. The highest BCUT2D eigenvalue weighted by molar-refractivity contribution is 7.91. The molecule has 1 saturated heterocycles. The Morgan fingerprint density at radius 3 is 2.59 bits per heavy atom. The number of amides is 1. The van der Waals surface area contributed by atoms with Crippen molar-refractivity contribution in [2.45, 2.75) is 25.7 Å². The summed E-state index contributed by atoms with van der Waals surface area (Å²) in [5.74, 6) is -0.257. The highest BCUT2D eigenvalue weighted by atomic mass is 32.2. The van der Waals surface area contributed by atoms with E-state index in [0.717, 1.165) is 19.3 Å². The summed E-state index contributed by atoms with van der Waals surface area (Å²) < 4.78 is 22.5. The van der Waals surface area contributed by atoms with E-state index in [1.54, 1.807) is 11.9 Å². The first kappa shape index (κ1) is 14.4. The molecule has 17 heavy (non-hydrogen) atoms. The summed E-state index contributed by atoms with van der Waals surface area (Å²) in [6.45, 7) is 0.813. The standard InChI is InChI=1S/C11H21NO4S/c1-12(6-3-2-4-7-13)11(14)10-5-8-17(15,16)9-10/h10,13H,2-9H2,1H3. The van der Waals surface area contributed by atoms with E-state index in [1.165, 1.54) is 0 Å². The van der Waals surface area contributed by atoms with Gasteiger partial charge in [0.15, 0.2) is 9.84 Å². The van der Waals surface area contributed by atoms with Crippen molar-refractivity contribution in [1.29, 1.82) is 0 Å². The number of unbranched alkanes of at least 4 members (excludes halogenated alkanes) is 2. The summed E-state index contributed by atoms with van der Waals surface area (Å²) in [7, 11) is -1.27. The Balaban J connectivity index is 2.32. The van der Waals surface area contributed by atoms with Crippen molar-refractivity contribution in [1.82, 2.24) is 4.90 Å². The minimum Gasteiger partial charge on any atom is -0.396 e. The van der Waals surface area contributed by atoms with Crippen molar-refractivity contribution in [3.05, 3.63) is 0 Å². The van der Waals surface area contributed by atoms with Crippen molar-refractivity contribution in [3.63, 3.8) is 0 Å². The fraction of sp³-hybridized carbons (Fsp3) is 0.909. The number of hydrogen-bond donors (Lipinski definition) is 1. The van der Waals surface area contributed by atoms with Gasteiger partial charge in [-0.2, -0.15) is 0 Å². The minimum absolute atomic E-state index is 0.00676. The fourth-order valence-electron chi connectivity index (χ4n) is 2.05. The molecular weight excluding hydrogens is 242 g/mol. The zero-order chi connectivity index (χ0) is 12.9. The third kappa shape index (κ3) is 4.63. The number of hydrogen-bond acceptors (Lipinski definition) is 4. The van der Waals surface area contributed by atoms with Crippen molar-refractivity contribution in [3.8, 4) is 0 Å². The summed E-state index contributed by atoms with van der Waals surface area (Å²) >= 11 is 0. The van der Waals surface area contributed by atoms with Crippen LogP contribution >= 0.6 is 0 Å². The van der Waals surface area contributed by atoms with Crippen LogP contribution in [-0.2, 0) is 14.6 Å². The van der Waals surface area contributed by atoms with Crippen LogP contribution in [0.3, 0.4) is 0 Å². The van der Waals surface area contributed by atoms with Gasteiger partial charge in [-0.15, -0.1) is 0 Å². The van der Waals surface area contributed by atoms with E-state index in [2.05, 4.69) is 0 Å². The molecule has 0 radical (unpaired) electrons. The van der Waals surface area contributed by atoms with Gasteiger partial charge in [-0.3, -0.25) is 4.79 Å². The fourth-order valence-corrected chi connectivity index (χ4v) is 3.78. The van der Waals surface area contributed by atoms with Crippen molar-refractivity contribution in [2.24, 2.45) is 5.92 Å². The van der Waals surface area contributed by atoms with Crippen LogP contribution in [0, 0.1) is 5.92 Å². The van der Waals surface area contributed by atoms with Crippen LogP contribution in [0.15, 0.2) is 0 Å². The molecule has 100 valence electrons. The molecule has 1 rings (SSSR count). The normalized spacial score (nSPS) is 22.6. The van der Waals surface area contributed by atoms with Gasteiger partial charge in [0.25, 0.3) is 0 Å². The van der Waals surface area contributed by atoms with E-state index in [4.69, 9.17) is 5.11 Å². The van der Waals surface area contributed by atoms with Crippen LogP contribution in [-0.4, -0.2) is 56.0 Å². The molecule has 1 amide bonds. The molecule has 0 saturated carbocycles. The van der Waals surface area contributed by atoms with E-state index < -0.39 is 9.84 Å². The van der Waals surface area contributed by atoms with E-state index in [-0.39, 0.29) is 29.9 Å². The maximum absolute atomic E-state index is 11.9. The van der Waals surface area contributed by atoms with Gasteiger partial charge in [-0.05, 0) is 25.7 Å². The first-order chi connectivity index (χ1) is 7.96. The van der Waals surface area contributed by atoms with Crippen molar-refractivity contribution in [2.75, 3.05) is 31.7 Å². The average molecular weight is 263 g/mol. The summed E-state index contributed by atoms with van der Waals surface area (Å²) in [6.07, 6.45) is 2.95. The second kappa shape index (κ2) is 6.35. The molecule has 1 N–H and O–H groups in total. The number of aliphatic hydroxyl groups excluding tert-OH is 1. The van der Waals surface area contributed by atoms with Gasteiger partial charge >= 0.3 is 0 Å². The summed E-state index contributed by atoms with van der Waals surface area (Å²) in [6, 6.07) is 0. The maximum atomic E-state index is 11.9. The van der Waals surface area contributed by atoms with Gasteiger partial charge in [0, 0.05) is 20.2 Å². The Hall–Kier alpha value is -0.620. The maximum Gasteiger partial charge on any atom is 0.226 e. The lowest BCUT2D eigenvalue weighted by Crippen LogP contribution is -2.34. The third-order valence-electron chi connectivity index (χ3n) is 3.11. The van der Waals surface area contributed by atoms with Crippen molar-refractivity contribution < 1.29 is 18.3 Å². The number of rotatable bonds is 6. The minimum atomic E-state index is -2.98. The molecule has 1 aliphatic rings. The lowest BCUT2D eigenvalue weighted by Gasteiger charge is -2.20. The predicted molar refractivity (Wildman–Crippen MR) is 65.3 cm³/mol. The molecule has 1 unspecified atom stereocenters. The Bertz CT molecular complexity index is 352. The molecule has 0 aliphatic carbocycles. The third-order valence-corrected chi connectivity index (χ3v) is 4.88. The Morgan fingerprint density at radius 2 is 2.06 bits per heavy atom. The predicted octanol–water partition coefficient (Wildman–Crippen LogP) is 0.0421. The number of carbonyl (C=O) groups excluding carboxylic acids is 1. The average Bonchev–Trinajstić information content (AvgIpc) is 2.64. The highest BCUT2D eigenvalue weighted by Gasteiger charge is 2.34. The van der Waals surface area contributed by atoms with Gasteiger partial charge in [0.05, 0.1) is 17.4 Å². The Kier molecular flexibility index (Phi) is 5.39. The van der Waals surface area contributed by atoms with E-state index in [9.17, 15) is 13.2 Å². The number of aliphatic hydroxyl groups is 1. The SMILES string of the molecule is CN(CCCCCO)C(=O)C1CCS(=O)(=O)C1. The zero-order valence-corrected chi connectivity index (χ0v) is 11.1. The molecule has 6 heteroatoms. The number of nitrogens with zero attached hydrogens (tertiary/aromatic N) is 1. The Labute approximate surface area is 103 Å². The quantitative estimate of drug-likeness (QED) is 0.687. The molecule has 0 aromatic carbocycles. The molecular formula is C11H21NO4S. The second-order valence-corrected chi connectivity index (χ2v) is 6.87. The number of carbonyl (C=O) groups is 1. The van der Waals surface area contributed by atoms with Crippen LogP contribution in [0.1, 0.15) is 25.7 Å². The molecule has 0 aromatic rings. The van der Waals surface area contributed by atoms with E-state index >= 15 is 0 Å². The first-order valence-corrected chi connectivity index (χ1v) is 7.84. The molecule has 0 spiro atoms. The van der Waals surface area contributed by atoms with Gasteiger partial charge in [0.2, 0.25) is 5.91 Å². The lowest BCUT2D eigenvalue weighted by atomic mass is 10.1. The van der Waals surface area contributed by atoms with E-state index in [1.807, 2.05) is 0 Å². The smallest absolute Gasteiger partial charge is 0.226 e. The molecule has 5 nitrogen and oxygen atoms in total. The van der Waals surface area contributed by atoms with Crippen LogP contribution in [0.4, 0.5) is 0 Å². The zero-order valence-electron chi connectivity index (χ0n) is 10.3. The van der Waals surface area contributed by atoms with Crippen LogP contribution in [0.5, 0.6) is 0 Å². The summed E-state index contributed by atoms with van der Waals surface area (Å²) in [5.41, 5.74) is 0. The van der Waals surface area contributed by atoms with Crippen LogP contribution in [0.2, 0.25) is 0 Å². The van der Waals surface area contributed by atoms with Gasteiger partial charge < -0.3 is 10.0 Å². The highest BCUT2D eigenvalue weighted by Crippen LogP contribution is 2.20.